The van der Waals surface area contributed by atoms with E-state index in [9.17, 15) is 29.1 Å². The molecule has 0 saturated heterocycles. The van der Waals surface area contributed by atoms with Crippen molar-refractivity contribution < 1.29 is 48.0 Å². The molecule has 3 aromatic heterocycles. The molecule has 0 unspecified atom stereocenters. The van der Waals surface area contributed by atoms with Crippen molar-refractivity contribution in [2.45, 2.75) is 41.0 Å². The number of ether oxygens (including phenoxy) is 4. The monoisotopic (exact) mass is 894 g/mol. The van der Waals surface area contributed by atoms with Crippen molar-refractivity contribution in [2.75, 3.05) is 33.0 Å². The highest BCUT2D eigenvalue weighted by atomic mass is 35.5. The number of esters is 3. The summed E-state index contributed by atoms with van der Waals surface area (Å²) in [5, 5.41) is 11.0. The smallest absolute Gasteiger partial charge is 0.345 e. The topological polar surface area (TPSA) is 194 Å². The SMILES string of the molecule is CCN=CC(C(=O)OCC)=C(O)c1cc(Cl)ncc1Cl.CCO/C=C(\C(=O)OCC)C(=O)c1cc(Cl)ncc1Cl.CCOC(=O)CC(=O)c1cc(Cl)ncc1Cl. The standard InChI is InChI=1S/C13H14Cl2N2O3.C13H13Cl2NO4.C10H9Cl2NO3/c1-3-16-6-9(13(19)20-4-2)12(18)8-5-11(15)17-7-10(8)14;1-3-19-7-9(13(18)20-4-2)12(17)8-5-11(15)16-6-10(8)14;1-2-16-10(15)4-8(14)6-3-9(12)13-5-7(6)11/h5-7,18H,3-4H2,1-2H3;5-7H,3-4H2,1-2H3;3,5H,2,4H2,1H3/b;9-7-;. The number of rotatable bonds is 15. The van der Waals surface area contributed by atoms with Gasteiger partial charge in [0.1, 0.15) is 45.0 Å². The molecule has 3 heterocycles. The molecule has 0 aliphatic rings. The number of aliphatic hydroxyl groups excluding tert-OH is 1. The number of aliphatic hydroxyl groups is 1. The second-order valence-electron chi connectivity index (χ2n) is 10.0. The highest BCUT2D eigenvalue weighted by Crippen LogP contribution is 2.27. The van der Waals surface area contributed by atoms with E-state index in [4.69, 9.17) is 83.8 Å². The molecule has 0 spiro atoms. The van der Waals surface area contributed by atoms with E-state index in [0.717, 1.165) is 6.26 Å². The fourth-order valence-corrected chi connectivity index (χ4v) is 4.77. The Morgan fingerprint density at radius 3 is 1.62 bits per heavy atom. The van der Waals surface area contributed by atoms with Gasteiger partial charge in [0.2, 0.25) is 5.78 Å². The van der Waals surface area contributed by atoms with E-state index >= 15 is 0 Å². The van der Waals surface area contributed by atoms with Gasteiger partial charge in [-0.25, -0.2) is 24.5 Å². The molecule has 3 rings (SSSR count). The molecule has 0 fully saturated rings. The number of halogens is 6. The van der Waals surface area contributed by atoms with Crippen LogP contribution in [0, 0.1) is 0 Å². The van der Waals surface area contributed by atoms with Crippen LogP contribution in [0.15, 0.2) is 59.2 Å². The number of carbonyl (C=O) groups is 5. The molecule has 0 saturated carbocycles. The van der Waals surface area contributed by atoms with Gasteiger partial charge >= 0.3 is 17.9 Å². The number of hydrogen-bond donors (Lipinski definition) is 1. The third kappa shape index (κ3) is 16.8. The molecule has 0 aliphatic heterocycles. The number of ketones is 2. The number of pyridine rings is 3. The number of carbonyl (C=O) groups excluding carboxylic acids is 5. The number of nitrogens with zero attached hydrogens (tertiary/aromatic N) is 4. The molecule has 0 bridgehead atoms. The average molecular weight is 897 g/mol. The minimum Gasteiger partial charge on any atom is -0.506 e. The molecule has 14 nitrogen and oxygen atoms in total. The van der Waals surface area contributed by atoms with Crippen LogP contribution < -0.4 is 0 Å². The third-order valence-corrected chi connectivity index (χ3v) is 7.66. The lowest BCUT2D eigenvalue weighted by atomic mass is 10.1. The van der Waals surface area contributed by atoms with Crippen molar-refractivity contribution in [3.8, 4) is 0 Å². The van der Waals surface area contributed by atoms with Crippen molar-refractivity contribution in [1.29, 1.82) is 0 Å². The summed E-state index contributed by atoms with van der Waals surface area (Å²) < 4.78 is 19.3. The first-order valence-electron chi connectivity index (χ1n) is 16.3. The van der Waals surface area contributed by atoms with Gasteiger partial charge in [-0.2, -0.15) is 0 Å². The fraction of sp³-hybridized carbons (Fsp3) is 0.306. The van der Waals surface area contributed by atoms with Gasteiger partial charge in [-0.1, -0.05) is 69.6 Å². The minimum absolute atomic E-state index is 0.0608. The van der Waals surface area contributed by atoms with Crippen LogP contribution in [0.5, 0.6) is 0 Å². The first kappa shape index (κ1) is 49.7. The van der Waals surface area contributed by atoms with Crippen LogP contribution in [-0.4, -0.2) is 88.7 Å². The van der Waals surface area contributed by atoms with Crippen molar-refractivity contribution >= 4 is 111 Å². The maximum absolute atomic E-state index is 12.3. The molecule has 3 aromatic rings. The first-order valence-corrected chi connectivity index (χ1v) is 18.6. The van der Waals surface area contributed by atoms with Crippen molar-refractivity contribution in [3.63, 3.8) is 0 Å². The molecular weight excluding hydrogens is 861 g/mol. The molecule has 20 heteroatoms. The van der Waals surface area contributed by atoms with Gasteiger partial charge in [-0.3, -0.25) is 19.4 Å². The highest BCUT2D eigenvalue weighted by molar-refractivity contribution is 6.38. The largest absolute Gasteiger partial charge is 0.506 e. The summed E-state index contributed by atoms with van der Waals surface area (Å²) in [7, 11) is 0. The molecule has 0 amide bonds. The molecule has 302 valence electrons. The Morgan fingerprint density at radius 1 is 0.661 bits per heavy atom. The Balaban J connectivity index is 0.000000423. The molecule has 1 N–H and O–H groups in total. The number of Topliss-reactive ketones (excluding diaryl/α,β-unsaturated/α-hetero) is 2. The van der Waals surface area contributed by atoms with E-state index < -0.39 is 29.5 Å². The second-order valence-corrected chi connectivity index (χ2v) is 12.4. The number of aliphatic imine (C=N–C) groups is 1. The van der Waals surface area contributed by atoms with Crippen LogP contribution in [0.3, 0.4) is 0 Å². The minimum atomic E-state index is -0.782. The zero-order valence-electron chi connectivity index (χ0n) is 30.5. The van der Waals surface area contributed by atoms with Crippen LogP contribution in [0.25, 0.3) is 5.76 Å². The normalized spacial score (nSPS) is 11.2. The van der Waals surface area contributed by atoms with Crippen molar-refractivity contribution in [1.82, 2.24) is 15.0 Å². The summed E-state index contributed by atoms with van der Waals surface area (Å²) in [4.78, 5) is 73.8. The zero-order valence-corrected chi connectivity index (χ0v) is 35.1. The van der Waals surface area contributed by atoms with Gasteiger partial charge in [-0.05, 0) is 52.8 Å². The molecular formula is C36H36Cl6N4O10. The van der Waals surface area contributed by atoms with Crippen LogP contribution in [0.2, 0.25) is 30.5 Å². The quantitative estimate of drug-likeness (QED) is 0.0175. The van der Waals surface area contributed by atoms with E-state index in [2.05, 4.69) is 24.7 Å². The first-order chi connectivity index (χ1) is 26.6. The van der Waals surface area contributed by atoms with E-state index in [-0.39, 0.29) is 90.4 Å². The predicted molar refractivity (Wildman–Crippen MR) is 214 cm³/mol. The van der Waals surface area contributed by atoms with Gasteiger partial charge in [0.15, 0.2) is 5.78 Å². The zero-order chi connectivity index (χ0) is 42.4. The van der Waals surface area contributed by atoms with E-state index in [1.807, 2.05) is 0 Å². The summed E-state index contributed by atoms with van der Waals surface area (Å²) in [6, 6.07) is 3.97. The Bertz CT molecular complexity index is 1960. The molecule has 0 radical (unpaired) electrons. The number of hydrogen-bond acceptors (Lipinski definition) is 14. The lowest BCUT2D eigenvalue weighted by molar-refractivity contribution is -0.142. The Labute approximate surface area is 352 Å². The Kier molecular flexibility index (Phi) is 23.5. The lowest BCUT2D eigenvalue weighted by Crippen LogP contribution is -2.17. The fourth-order valence-electron chi connectivity index (χ4n) is 3.71. The molecule has 0 atom stereocenters. The van der Waals surface area contributed by atoms with E-state index in [1.165, 1.54) is 43.0 Å². The van der Waals surface area contributed by atoms with Gasteiger partial charge in [0, 0.05) is 48.0 Å². The average Bonchev–Trinajstić information content (AvgIpc) is 3.15. The predicted octanol–water partition coefficient (Wildman–Crippen LogP) is 8.89. The van der Waals surface area contributed by atoms with Gasteiger partial charge in [0.25, 0.3) is 0 Å². The Hall–Kier alpha value is -4.31. The second kappa shape index (κ2) is 26.5. The van der Waals surface area contributed by atoms with Crippen LogP contribution in [-0.2, 0) is 33.3 Å². The van der Waals surface area contributed by atoms with E-state index in [1.54, 1.807) is 34.6 Å². The highest BCUT2D eigenvalue weighted by Gasteiger charge is 2.24. The van der Waals surface area contributed by atoms with E-state index in [0.29, 0.717) is 13.2 Å². The third-order valence-electron chi connectivity index (χ3n) is 6.14. The maximum atomic E-state index is 12.3. The van der Waals surface area contributed by atoms with Gasteiger partial charge in [0.05, 0.1) is 41.5 Å². The van der Waals surface area contributed by atoms with Crippen LogP contribution in [0.4, 0.5) is 0 Å². The summed E-state index contributed by atoms with van der Waals surface area (Å²) in [6.45, 7) is 9.81. The van der Waals surface area contributed by atoms with Crippen LogP contribution >= 0.6 is 69.6 Å². The van der Waals surface area contributed by atoms with Gasteiger partial charge in [-0.15, -0.1) is 0 Å². The Morgan fingerprint density at radius 2 is 1.12 bits per heavy atom. The maximum Gasteiger partial charge on any atom is 0.345 e. The van der Waals surface area contributed by atoms with Gasteiger partial charge < -0.3 is 24.1 Å². The summed E-state index contributed by atoms with van der Waals surface area (Å²) >= 11 is 34.7. The molecule has 0 aliphatic carbocycles. The summed E-state index contributed by atoms with van der Waals surface area (Å²) in [5.74, 6) is -3.48. The summed E-state index contributed by atoms with van der Waals surface area (Å²) in [6.07, 6.45) is 5.74. The van der Waals surface area contributed by atoms with Crippen molar-refractivity contribution in [2.24, 2.45) is 4.99 Å². The van der Waals surface area contributed by atoms with Crippen LogP contribution in [0.1, 0.15) is 67.3 Å². The molecule has 0 aromatic carbocycles. The van der Waals surface area contributed by atoms with Crippen molar-refractivity contribution in [3.05, 3.63) is 101 Å². The number of aromatic nitrogens is 3. The lowest BCUT2D eigenvalue weighted by Gasteiger charge is -2.08. The summed E-state index contributed by atoms with van der Waals surface area (Å²) in [5.41, 5.74) is 0.0911. The molecule has 56 heavy (non-hydrogen) atoms.